The van der Waals surface area contributed by atoms with Gasteiger partial charge in [0.25, 0.3) is 0 Å². The molecule has 68 valence electrons. The van der Waals surface area contributed by atoms with Gasteiger partial charge < -0.3 is 5.73 Å². The molecule has 0 aromatic heterocycles. The first-order valence-electron chi connectivity index (χ1n) is 4.53. The van der Waals surface area contributed by atoms with Gasteiger partial charge >= 0.3 is 0 Å². The molecule has 0 heterocycles. The van der Waals surface area contributed by atoms with E-state index in [1.807, 2.05) is 6.92 Å². The molecule has 0 unspecified atom stereocenters. The van der Waals surface area contributed by atoms with Crippen LogP contribution in [-0.2, 0) is 0 Å². The monoisotopic (exact) mass is 157 g/mol. The molecule has 0 aromatic carbocycles. The van der Waals surface area contributed by atoms with Gasteiger partial charge in [-0.3, -0.25) is 0 Å². The summed E-state index contributed by atoms with van der Waals surface area (Å²) in [7, 11) is 0. The summed E-state index contributed by atoms with van der Waals surface area (Å²) in [4.78, 5) is 0. The molecule has 11 heavy (non-hydrogen) atoms. The van der Waals surface area contributed by atoms with Crippen LogP contribution in [-0.4, -0.2) is 6.54 Å². The van der Waals surface area contributed by atoms with Gasteiger partial charge in [0.05, 0.1) is 0 Å². The van der Waals surface area contributed by atoms with Crippen LogP contribution in [0.2, 0.25) is 0 Å². The van der Waals surface area contributed by atoms with Crippen molar-refractivity contribution in [1.29, 1.82) is 0 Å². The van der Waals surface area contributed by atoms with Crippen molar-refractivity contribution in [2.45, 2.75) is 46.5 Å². The first-order chi connectivity index (χ1) is 5.18. The molecule has 0 atom stereocenters. The molecule has 0 aromatic rings. The van der Waals surface area contributed by atoms with E-state index in [0.717, 1.165) is 13.0 Å². The molecule has 0 aliphatic rings. The number of unbranched alkanes of at least 4 members (excludes halogenated alkanes) is 2. The SMILES string of the molecule is C=C(C)CC.CCCCCN. The van der Waals surface area contributed by atoms with Crippen LogP contribution in [0.1, 0.15) is 46.5 Å². The lowest BCUT2D eigenvalue weighted by Crippen LogP contribution is -1.96. The molecule has 0 spiro atoms. The van der Waals surface area contributed by atoms with Crippen LogP contribution in [0.4, 0.5) is 0 Å². The zero-order chi connectivity index (χ0) is 9.11. The van der Waals surface area contributed by atoms with Gasteiger partial charge in [-0.2, -0.15) is 0 Å². The summed E-state index contributed by atoms with van der Waals surface area (Å²) in [6, 6.07) is 0. The Balaban J connectivity index is 0. The third-order valence-electron chi connectivity index (χ3n) is 1.41. The largest absolute Gasteiger partial charge is 0.330 e. The van der Waals surface area contributed by atoms with Gasteiger partial charge in [-0.05, 0) is 26.3 Å². The molecule has 0 aliphatic carbocycles. The Morgan fingerprint density at radius 2 is 1.73 bits per heavy atom. The predicted octanol–water partition coefficient (Wildman–Crippen LogP) is 3.11. The normalized spacial score (nSPS) is 8.36. The van der Waals surface area contributed by atoms with E-state index in [4.69, 9.17) is 5.73 Å². The minimum atomic E-state index is 0.855. The van der Waals surface area contributed by atoms with E-state index < -0.39 is 0 Å². The topological polar surface area (TPSA) is 26.0 Å². The first-order valence-corrected chi connectivity index (χ1v) is 4.53. The highest BCUT2D eigenvalue weighted by Gasteiger charge is 1.75. The summed E-state index contributed by atoms with van der Waals surface area (Å²) >= 11 is 0. The maximum Gasteiger partial charge on any atom is -0.00773 e. The molecule has 0 amide bonds. The zero-order valence-corrected chi connectivity index (χ0v) is 8.32. The van der Waals surface area contributed by atoms with Crippen LogP contribution >= 0.6 is 0 Å². The molecule has 0 saturated carbocycles. The second kappa shape index (κ2) is 12.4. The fourth-order valence-corrected chi connectivity index (χ4v) is 0.394. The Bertz CT molecular complexity index is 72.9. The molecule has 0 fully saturated rings. The Morgan fingerprint density at radius 1 is 1.27 bits per heavy atom. The van der Waals surface area contributed by atoms with Crippen molar-refractivity contribution in [2.24, 2.45) is 5.73 Å². The molecule has 2 N–H and O–H groups in total. The van der Waals surface area contributed by atoms with E-state index in [-0.39, 0.29) is 0 Å². The van der Waals surface area contributed by atoms with Crippen LogP contribution in [0.5, 0.6) is 0 Å². The zero-order valence-electron chi connectivity index (χ0n) is 8.32. The lowest BCUT2D eigenvalue weighted by Gasteiger charge is -1.86. The van der Waals surface area contributed by atoms with Gasteiger partial charge in [0.15, 0.2) is 0 Å². The summed E-state index contributed by atoms with van der Waals surface area (Å²) in [5.41, 5.74) is 6.47. The maximum atomic E-state index is 5.21. The van der Waals surface area contributed by atoms with Crippen molar-refractivity contribution < 1.29 is 0 Å². The second-order valence-electron chi connectivity index (χ2n) is 2.81. The van der Waals surface area contributed by atoms with Crippen molar-refractivity contribution in [3.63, 3.8) is 0 Å². The molecule has 0 radical (unpaired) electrons. The molecule has 0 aliphatic heterocycles. The van der Waals surface area contributed by atoms with E-state index in [1.54, 1.807) is 0 Å². The van der Waals surface area contributed by atoms with Gasteiger partial charge in [-0.25, -0.2) is 0 Å². The summed E-state index contributed by atoms with van der Waals surface area (Å²) < 4.78 is 0. The van der Waals surface area contributed by atoms with E-state index in [1.165, 1.54) is 24.8 Å². The van der Waals surface area contributed by atoms with E-state index in [2.05, 4.69) is 20.4 Å². The van der Waals surface area contributed by atoms with Crippen LogP contribution in [0.25, 0.3) is 0 Å². The van der Waals surface area contributed by atoms with Crippen LogP contribution in [0, 0.1) is 0 Å². The number of hydrogen-bond donors (Lipinski definition) is 1. The maximum absolute atomic E-state index is 5.21. The summed E-state index contributed by atoms with van der Waals surface area (Å²) in [5.74, 6) is 0. The summed E-state index contributed by atoms with van der Waals surface area (Å²) in [6.45, 7) is 10.8. The van der Waals surface area contributed by atoms with E-state index >= 15 is 0 Å². The predicted molar refractivity (Wildman–Crippen MR) is 53.7 cm³/mol. The van der Waals surface area contributed by atoms with Crippen LogP contribution in [0.3, 0.4) is 0 Å². The third kappa shape index (κ3) is 26.0. The molecule has 0 rings (SSSR count). The first kappa shape index (κ1) is 13.3. The fraction of sp³-hybridized carbons (Fsp3) is 0.800. The van der Waals surface area contributed by atoms with Crippen molar-refractivity contribution in [2.75, 3.05) is 6.54 Å². The Morgan fingerprint density at radius 3 is 1.82 bits per heavy atom. The van der Waals surface area contributed by atoms with Gasteiger partial charge in [0, 0.05) is 0 Å². The number of hydrogen-bond acceptors (Lipinski definition) is 1. The quantitative estimate of drug-likeness (QED) is 0.492. The number of allylic oxidation sites excluding steroid dienone is 1. The molecule has 1 nitrogen and oxygen atoms in total. The minimum absolute atomic E-state index is 0.855. The van der Waals surface area contributed by atoms with Crippen molar-refractivity contribution in [3.05, 3.63) is 12.2 Å². The highest BCUT2D eigenvalue weighted by molar-refractivity contribution is 4.84. The molecule has 1 heteroatoms. The highest BCUT2D eigenvalue weighted by atomic mass is 14.5. The molecular formula is C10H23N. The Kier molecular flexibility index (Phi) is 15.0. The molecular weight excluding hydrogens is 134 g/mol. The summed E-state index contributed by atoms with van der Waals surface area (Å²) in [6.07, 6.45) is 4.87. The van der Waals surface area contributed by atoms with E-state index in [9.17, 15) is 0 Å². The Labute approximate surface area is 71.7 Å². The van der Waals surface area contributed by atoms with Crippen LogP contribution < -0.4 is 5.73 Å². The van der Waals surface area contributed by atoms with Gasteiger partial charge in [0.2, 0.25) is 0 Å². The van der Waals surface area contributed by atoms with Gasteiger partial charge in [-0.15, -0.1) is 6.58 Å². The smallest absolute Gasteiger partial charge is 0.00773 e. The summed E-state index contributed by atoms with van der Waals surface area (Å²) in [5, 5.41) is 0. The third-order valence-corrected chi connectivity index (χ3v) is 1.41. The lowest BCUT2D eigenvalue weighted by atomic mass is 10.3. The minimum Gasteiger partial charge on any atom is -0.330 e. The van der Waals surface area contributed by atoms with Crippen LogP contribution in [0.15, 0.2) is 12.2 Å². The fourth-order valence-electron chi connectivity index (χ4n) is 0.394. The molecule has 0 saturated heterocycles. The average Bonchev–Trinajstić information content (AvgIpc) is 2.02. The molecule has 0 bridgehead atoms. The van der Waals surface area contributed by atoms with Crippen molar-refractivity contribution in [1.82, 2.24) is 0 Å². The Hall–Kier alpha value is -0.300. The second-order valence-corrected chi connectivity index (χ2v) is 2.81. The van der Waals surface area contributed by atoms with Gasteiger partial charge in [0.1, 0.15) is 0 Å². The van der Waals surface area contributed by atoms with Crippen molar-refractivity contribution in [3.8, 4) is 0 Å². The number of rotatable bonds is 4. The number of nitrogens with two attached hydrogens (primary N) is 1. The highest BCUT2D eigenvalue weighted by Crippen LogP contribution is 1.89. The van der Waals surface area contributed by atoms with E-state index in [0.29, 0.717) is 0 Å². The lowest BCUT2D eigenvalue weighted by molar-refractivity contribution is 0.727. The standard InChI is InChI=1S/C5H13N.C5H10/c1-2-3-4-5-6;1-4-5(2)3/h2-6H2,1H3;2,4H2,1,3H3. The van der Waals surface area contributed by atoms with Crippen molar-refractivity contribution >= 4 is 0 Å². The average molecular weight is 157 g/mol. The van der Waals surface area contributed by atoms with Gasteiger partial charge in [-0.1, -0.05) is 32.3 Å².